The van der Waals surface area contributed by atoms with Crippen LogP contribution in [-0.4, -0.2) is 64.9 Å². The summed E-state index contributed by atoms with van der Waals surface area (Å²) < 4.78 is 1.06. The Labute approximate surface area is 163 Å². The van der Waals surface area contributed by atoms with Gasteiger partial charge in [-0.3, -0.25) is 9.69 Å². The summed E-state index contributed by atoms with van der Waals surface area (Å²) in [5.74, 6) is 0.915. The van der Waals surface area contributed by atoms with Gasteiger partial charge in [-0.15, -0.1) is 0 Å². The lowest BCUT2D eigenvalue weighted by Gasteiger charge is -2.37. The predicted octanol–water partition coefficient (Wildman–Crippen LogP) is 2.41. The Balaban J connectivity index is 1.53. The number of halogens is 1. The number of carbonyl (C=O) groups excluding carboxylic acids is 1. The molecule has 138 valence electrons. The van der Waals surface area contributed by atoms with Crippen LogP contribution in [0.25, 0.3) is 0 Å². The zero-order chi connectivity index (χ0) is 18.5. The summed E-state index contributed by atoms with van der Waals surface area (Å²) in [7, 11) is 2.00. The van der Waals surface area contributed by atoms with Crippen LogP contribution in [0.1, 0.15) is 12.5 Å². The molecule has 2 aromatic rings. The van der Waals surface area contributed by atoms with Gasteiger partial charge >= 0.3 is 0 Å². The van der Waals surface area contributed by atoms with Gasteiger partial charge in [-0.25, -0.2) is 9.97 Å². The minimum Gasteiger partial charge on any atom is -0.338 e. The van der Waals surface area contributed by atoms with E-state index in [1.54, 1.807) is 12.4 Å². The summed E-state index contributed by atoms with van der Waals surface area (Å²) in [6.07, 6.45) is 3.50. The van der Waals surface area contributed by atoms with E-state index in [1.807, 2.05) is 37.1 Å². The van der Waals surface area contributed by atoms with E-state index >= 15 is 0 Å². The van der Waals surface area contributed by atoms with Crippen LogP contribution in [0.4, 0.5) is 5.95 Å². The van der Waals surface area contributed by atoms with Gasteiger partial charge in [0.2, 0.25) is 11.9 Å². The Kier molecular flexibility index (Phi) is 6.21. The number of rotatable bonds is 5. The lowest BCUT2D eigenvalue weighted by Crippen LogP contribution is -2.53. The molecule has 1 saturated heterocycles. The lowest BCUT2D eigenvalue weighted by atomic mass is 10.1. The molecule has 2 heterocycles. The highest BCUT2D eigenvalue weighted by atomic mass is 79.9. The maximum atomic E-state index is 12.9. The molecule has 0 N–H and O–H groups in total. The standard InChI is InChI=1S/C19H24BrN5O/c1-15(23(2)14-16-4-6-17(20)7-5-16)18(26)24-10-12-25(13-11-24)19-21-8-3-9-22-19/h3-9,15H,10-14H2,1-2H3. The van der Waals surface area contributed by atoms with Crippen LogP contribution in [0.3, 0.4) is 0 Å². The number of nitrogens with zero attached hydrogens (tertiary/aromatic N) is 5. The maximum absolute atomic E-state index is 12.9. The molecule has 0 aliphatic carbocycles. The molecule has 1 aromatic carbocycles. The van der Waals surface area contributed by atoms with Crippen LogP contribution in [0, 0.1) is 0 Å². The summed E-state index contributed by atoms with van der Waals surface area (Å²) >= 11 is 3.45. The molecule has 1 amide bonds. The van der Waals surface area contributed by atoms with Crippen LogP contribution in [0.5, 0.6) is 0 Å². The molecular weight excluding hydrogens is 394 g/mol. The minimum atomic E-state index is -0.154. The highest BCUT2D eigenvalue weighted by Crippen LogP contribution is 2.15. The highest BCUT2D eigenvalue weighted by Gasteiger charge is 2.27. The second-order valence-electron chi connectivity index (χ2n) is 6.58. The van der Waals surface area contributed by atoms with E-state index in [-0.39, 0.29) is 11.9 Å². The van der Waals surface area contributed by atoms with Gasteiger partial charge in [-0.2, -0.15) is 0 Å². The fraction of sp³-hybridized carbons (Fsp3) is 0.421. The number of likely N-dealkylation sites (N-methyl/N-ethyl adjacent to an activating group) is 1. The third-order valence-electron chi connectivity index (χ3n) is 4.79. The number of hydrogen-bond acceptors (Lipinski definition) is 5. The Morgan fingerprint density at radius 1 is 1.15 bits per heavy atom. The molecule has 3 rings (SSSR count). The van der Waals surface area contributed by atoms with Crippen molar-refractivity contribution in [3.8, 4) is 0 Å². The number of carbonyl (C=O) groups is 1. The average Bonchev–Trinajstić information content (AvgIpc) is 2.69. The fourth-order valence-electron chi connectivity index (χ4n) is 3.05. The van der Waals surface area contributed by atoms with Crippen LogP contribution < -0.4 is 4.90 Å². The molecule has 1 aromatic heterocycles. The molecule has 1 unspecified atom stereocenters. The van der Waals surface area contributed by atoms with E-state index in [2.05, 4.69) is 47.8 Å². The molecule has 7 heteroatoms. The third kappa shape index (κ3) is 4.59. The molecule has 0 saturated carbocycles. The summed E-state index contributed by atoms with van der Waals surface area (Å²) in [4.78, 5) is 27.6. The quantitative estimate of drug-likeness (QED) is 0.747. The Hall–Kier alpha value is -1.99. The minimum absolute atomic E-state index is 0.154. The van der Waals surface area contributed by atoms with Gasteiger partial charge in [0, 0.05) is 49.6 Å². The van der Waals surface area contributed by atoms with Crippen LogP contribution in [-0.2, 0) is 11.3 Å². The number of hydrogen-bond donors (Lipinski definition) is 0. The van der Waals surface area contributed by atoms with Crippen molar-refractivity contribution in [3.63, 3.8) is 0 Å². The van der Waals surface area contributed by atoms with Crippen molar-refractivity contribution in [2.45, 2.75) is 19.5 Å². The number of aromatic nitrogens is 2. The molecule has 6 nitrogen and oxygen atoms in total. The van der Waals surface area contributed by atoms with E-state index < -0.39 is 0 Å². The topological polar surface area (TPSA) is 52.6 Å². The van der Waals surface area contributed by atoms with Crippen LogP contribution >= 0.6 is 15.9 Å². The zero-order valence-electron chi connectivity index (χ0n) is 15.2. The van der Waals surface area contributed by atoms with Gasteiger partial charge < -0.3 is 9.80 Å². The van der Waals surface area contributed by atoms with Crippen molar-refractivity contribution >= 4 is 27.8 Å². The number of piperazine rings is 1. The first-order valence-electron chi connectivity index (χ1n) is 8.80. The zero-order valence-corrected chi connectivity index (χ0v) is 16.8. The average molecular weight is 418 g/mol. The molecule has 0 radical (unpaired) electrons. The van der Waals surface area contributed by atoms with E-state index in [1.165, 1.54) is 5.56 Å². The van der Waals surface area contributed by atoms with E-state index in [4.69, 9.17) is 0 Å². The normalized spacial score (nSPS) is 16.0. The van der Waals surface area contributed by atoms with Crippen molar-refractivity contribution in [1.82, 2.24) is 19.8 Å². The van der Waals surface area contributed by atoms with Gasteiger partial charge in [-0.1, -0.05) is 28.1 Å². The Morgan fingerprint density at radius 3 is 2.38 bits per heavy atom. The smallest absolute Gasteiger partial charge is 0.239 e. The van der Waals surface area contributed by atoms with Crippen molar-refractivity contribution in [3.05, 3.63) is 52.8 Å². The monoisotopic (exact) mass is 417 g/mol. The van der Waals surface area contributed by atoms with Crippen molar-refractivity contribution in [1.29, 1.82) is 0 Å². The lowest BCUT2D eigenvalue weighted by molar-refractivity contribution is -0.136. The van der Waals surface area contributed by atoms with Crippen molar-refractivity contribution in [2.75, 3.05) is 38.1 Å². The molecule has 0 bridgehead atoms. The van der Waals surface area contributed by atoms with Crippen molar-refractivity contribution < 1.29 is 4.79 Å². The largest absolute Gasteiger partial charge is 0.338 e. The van der Waals surface area contributed by atoms with Gasteiger partial charge in [-0.05, 0) is 37.7 Å². The summed E-state index contributed by atoms with van der Waals surface area (Å²) in [5.41, 5.74) is 1.20. The first-order chi connectivity index (χ1) is 12.5. The van der Waals surface area contributed by atoms with Gasteiger partial charge in [0.15, 0.2) is 0 Å². The van der Waals surface area contributed by atoms with Gasteiger partial charge in [0.25, 0.3) is 0 Å². The summed E-state index contributed by atoms with van der Waals surface area (Å²) in [6.45, 7) is 5.66. The number of benzene rings is 1. The summed E-state index contributed by atoms with van der Waals surface area (Å²) in [6, 6.07) is 9.87. The van der Waals surface area contributed by atoms with E-state index in [9.17, 15) is 4.79 Å². The fourth-order valence-corrected chi connectivity index (χ4v) is 3.31. The third-order valence-corrected chi connectivity index (χ3v) is 5.32. The van der Waals surface area contributed by atoms with Crippen LogP contribution in [0.15, 0.2) is 47.2 Å². The second-order valence-corrected chi connectivity index (χ2v) is 7.49. The molecular formula is C19H24BrN5O. The van der Waals surface area contributed by atoms with Crippen molar-refractivity contribution in [2.24, 2.45) is 0 Å². The molecule has 1 fully saturated rings. The molecule has 1 aliphatic rings. The second kappa shape index (κ2) is 8.60. The van der Waals surface area contributed by atoms with E-state index in [0.29, 0.717) is 13.1 Å². The molecule has 1 atom stereocenters. The Morgan fingerprint density at radius 2 is 1.77 bits per heavy atom. The highest BCUT2D eigenvalue weighted by molar-refractivity contribution is 9.10. The molecule has 0 spiro atoms. The van der Waals surface area contributed by atoms with Crippen LogP contribution in [0.2, 0.25) is 0 Å². The number of amides is 1. The summed E-state index contributed by atoms with van der Waals surface area (Å²) in [5, 5.41) is 0. The molecule has 26 heavy (non-hydrogen) atoms. The van der Waals surface area contributed by atoms with Gasteiger partial charge in [0.05, 0.1) is 6.04 Å². The molecule has 1 aliphatic heterocycles. The van der Waals surface area contributed by atoms with E-state index in [0.717, 1.165) is 30.1 Å². The first kappa shape index (κ1) is 18.8. The number of anilines is 1. The van der Waals surface area contributed by atoms with Gasteiger partial charge in [0.1, 0.15) is 0 Å². The Bertz CT molecular complexity index is 716. The maximum Gasteiger partial charge on any atom is 0.239 e. The predicted molar refractivity (Wildman–Crippen MR) is 106 cm³/mol. The SMILES string of the molecule is CC(C(=O)N1CCN(c2ncccn2)CC1)N(C)Cc1ccc(Br)cc1. The first-order valence-corrected chi connectivity index (χ1v) is 9.59.